The second-order valence-electron chi connectivity index (χ2n) is 2.68. The molecule has 0 aromatic rings. The van der Waals surface area contributed by atoms with Crippen LogP contribution in [0.15, 0.2) is 0 Å². The summed E-state index contributed by atoms with van der Waals surface area (Å²) in [5, 5.41) is 19.7. The average Bonchev–Trinajstić information content (AvgIpc) is 2.03. The number of unbranched alkanes of at least 4 members (excludes halogenated alkanes) is 1. The van der Waals surface area contributed by atoms with Gasteiger partial charge in [0.2, 0.25) is 5.91 Å². The van der Waals surface area contributed by atoms with Crippen LogP contribution in [0.1, 0.15) is 26.2 Å². The lowest BCUT2D eigenvalue weighted by atomic mass is 9.84. The molecular formula is C7H16BNO3. The Labute approximate surface area is 73.1 Å². The van der Waals surface area contributed by atoms with E-state index in [2.05, 4.69) is 5.32 Å². The minimum absolute atomic E-state index is 0.0412. The molecule has 12 heavy (non-hydrogen) atoms. The van der Waals surface area contributed by atoms with Gasteiger partial charge in [0.05, 0.1) is 0 Å². The molecule has 3 N–H and O–H groups in total. The summed E-state index contributed by atoms with van der Waals surface area (Å²) in [4.78, 5) is 10.7. The number of hydrogen-bond donors (Lipinski definition) is 3. The van der Waals surface area contributed by atoms with Gasteiger partial charge in [-0.05, 0) is 12.7 Å². The van der Waals surface area contributed by atoms with Crippen molar-refractivity contribution < 1.29 is 14.8 Å². The molecule has 0 atom stereocenters. The first-order chi connectivity index (χ1) is 5.66. The van der Waals surface area contributed by atoms with E-state index in [1.807, 2.05) is 0 Å². The largest absolute Gasteiger partial charge is 0.451 e. The maximum Gasteiger partial charge on any atom is 0.451 e. The van der Waals surface area contributed by atoms with E-state index < -0.39 is 7.12 Å². The van der Waals surface area contributed by atoms with Crippen LogP contribution in [-0.2, 0) is 4.79 Å². The SMILES string of the molecule is CCC(=O)NCCCCB(O)O. The Hall–Kier alpha value is -0.545. The first-order valence-electron chi connectivity index (χ1n) is 4.29. The van der Waals surface area contributed by atoms with Gasteiger partial charge in [-0.1, -0.05) is 13.3 Å². The molecule has 0 fully saturated rings. The molecule has 0 unspecified atom stereocenters. The molecule has 0 aromatic carbocycles. The monoisotopic (exact) mass is 173 g/mol. The third-order valence-corrected chi connectivity index (χ3v) is 1.53. The van der Waals surface area contributed by atoms with E-state index in [9.17, 15) is 4.79 Å². The Morgan fingerprint density at radius 2 is 2.08 bits per heavy atom. The topological polar surface area (TPSA) is 69.6 Å². The van der Waals surface area contributed by atoms with E-state index in [1.54, 1.807) is 6.92 Å². The molecule has 0 radical (unpaired) electrons. The first-order valence-corrected chi connectivity index (χ1v) is 4.29. The Bertz CT molecular complexity index is 130. The van der Waals surface area contributed by atoms with Gasteiger partial charge in [-0.3, -0.25) is 4.79 Å². The molecule has 70 valence electrons. The van der Waals surface area contributed by atoms with Crippen LogP contribution in [0.2, 0.25) is 6.32 Å². The lowest BCUT2D eigenvalue weighted by Crippen LogP contribution is -2.23. The summed E-state index contributed by atoms with van der Waals surface area (Å²) < 4.78 is 0. The molecule has 1 amide bonds. The quantitative estimate of drug-likeness (QED) is 0.383. The summed E-state index contributed by atoms with van der Waals surface area (Å²) in [7, 11) is -1.22. The zero-order chi connectivity index (χ0) is 9.40. The number of hydrogen-bond acceptors (Lipinski definition) is 3. The third kappa shape index (κ3) is 7.56. The van der Waals surface area contributed by atoms with Gasteiger partial charge in [0.1, 0.15) is 0 Å². The van der Waals surface area contributed by atoms with Crippen molar-refractivity contribution in [2.75, 3.05) is 6.54 Å². The Morgan fingerprint density at radius 3 is 2.58 bits per heavy atom. The standard InChI is InChI=1S/C7H16BNO3/c1-2-7(10)9-6-4-3-5-8(11)12/h11-12H,2-6H2,1H3,(H,9,10). The highest BCUT2D eigenvalue weighted by molar-refractivity contribution is 6.40. The van der Waals surface area contributed by atoms with Crippen LogP contribution in [0, 0.1) is 0 Å². The normalized spacial score (nSPS) is 9.58. The predicted octanol–water partition coefficient (Wildman–Crippen LogP) is -0.234. The first kappa shape index (κ1) is 11.5. The van der Waals surface area contributed by atoms with E-state index in [0.29, 0.717) is 19.3 Å². The molecule has 0 saturated heterocycles. The summed E-state index contributed by atoms with van der Waals surface area (Å²) in [5.74, 6) is 0.0412. The van der Waals surface area contributed by atoms with Crippen LogP contribution < -0.4 is 5.32 Å². The zero-order valence-corrected chi connectivity index (χ0v) is 7.42. The van der Waals surface area contributed by atoms with Crippen LogP contribution >= 0.6 is 0 Å². The second kappa shape index (κ2) is 7.12. The fourth-order valence-electron chi connectivity index (χ4n) is 0.805. The number of carbonyl (C=O) groups is 1. The molecule has 0 spiro atoms. The lowest BCUT2D eigenvalue weighted by molar-refractivity contribution is -0.120. The number of amides is 1. The van der Waals surface area contributed by atoms with Crippen LogP contribution in [0.5, 0.6) is 0 Å². The highest BCUT2D eigenvalue weighted by Gasteiger charge is 2.04. The van der Waals surface area contributed by atoms with Crippen molar-refractivity contribution in [3.63, 3.8) is 0 Å². The van der Waals surface area contributed by atoms with Gasteiger partial charge in [-0.25, -0.2) is 0 Å². The molecule has 0 bridgehead atoms. The van der Waals surface area contributed by atoms with Gasteiger partial charge in [-0.2, -0.15) is 0 Å². The molecule has 5 heteroatoms. The van der Waals surface area contributed by atoms with Gasteiger partial charge in [0, 0.05) is 13.0 Å². The maximum absolute atomic E-state index is 10.7. The Balaban J connectivity index is 3.05. The van der Waals surface area contributed by atoms with Crippen molar-refractivity contribution >= 4 is 13.0 Å². The molecule has 0 aliphatic carbocycles. The van der Waals surface area contributed by atoms with Crippen LogP contribution in [0.4, 0.5) is 0 Å². The number of carbonyl (C=O) groups excluding carboxylic acids is 1. The van der Waals surface area contributed by atoms with Crippen LogP contribution in [-0.4, -0.2) is 29.6 Å². The molecule has 4 nitrogen and oxygen atoms in total. The van der Waals surface area contributed by atoms with Crippen molar-refractivity contribution in [3.05, 3.63) is 0 Å². The third-order valence-electron chi connectivity index (χ3n) is 1.53. The van der Waals surface area contributed by atoms with Crippen molar-refractivity contribution in [2.45, 2.75) is 32.5 Å². The summed E-state index contributed by atoms with van der Waals surface area (Å²) in [5.41, 5.74) is 0. The summed E-state index contributed by atoms with van der Waals surface area (Å²) in [6, 6.07) is 0. The minimum Gasteiger partial charge on any atom is -0.427 e. The van der Waals surface area contributed by atoms with Crippen molar-refractivity contribution in [1.82, 2.24) is 5.32 Å². The Morgan fingerprint density at radius 1 is 1.42 bits per heavy atom. The van der Waals surface area contributed by atoms with Crippen LogP contribution in [0.25, 0.3) is 0 Å². The van der Waals surface area contributed by atoms with E-state index in [1.165, 1.54) is 0 Å². The minimum atomic E-state index is -1.22. The molecule has 0 aromatic heterocycles. The molecular weight excluding hydrogens is 157 g/mol. The van der Waals surface area contributed by atoms with E-state index in [4.69, 9.17) is 10.0 Å². The smallest absolute Gasteiger partial charge is 0.427 e. The van der Waals surface area contributed by atoms with E-state index >= 15 is 0 Å². The Kier molecular flexibility index (Phi) is 6.80. The van der Waals surface area contributed by atoms with Crippen molar-refractivity contribution in [1.29, 1.82) is 0 Å². The van der Waals surface area contributed by atoms with Gasteiger partial charge >= 0.3 is 7.12 Å². The van der Waals surface area contributed by atoms with E-state index in [0.717, 1.165) is 12.8 Å². The molecule has 0 aliphatic rings. The van der Waals surface area contributed by atoms with Crippen molar-refractivity contribution in [2.24, 2.45) is 0 Å². The number of nitrogens with one attached hydrogen (secondary N) is 1. The second-order valence-corrected chi connectivity index (χ2v) is 2.68. The summed E-state index contributed by atoms with van der Waals surface area (Å²) >= 11 is 0. The predicted molar refractivity (Wildman–Crippen MR) is 47.5 cm³/mol. The van der Waals surface area contributed by atoms with Gasteiger partial charge in [0.15, 0.2) is 0 Å². The average molecular weight is 173 g/mol. The summed E-state index contributed by atoms with van der Waals surface area (Å²) in [6.45, 7) is 2.42. The van der Waals surface area contributed by atoms with Crippen molar-refractivity contribution in [3.8, 4) is 0 Å². The molecule has 0 aliphatic heterocycles. The maximum atomic E-state index is 10.7. The highest BCUT2D eigenvalue weighted by Crippen LogP contribution is 1.96. The van der Waals surface area contributed by atoms with Gasteiger partial charge < -0.3 is 15.4 Å². The number of rotatable bonds is 6. The van der Waals surface area contributed by atoms with E-state index in [-0.39, 0.29) is 5.91 Å². The fraction of sp³-hybridized carbons (Fsp3) is 0.857. The zero-order valence-electron chi connectivity index (χ0n) is 7.42. The molecule has 0 heterocycles. The van der Waals surface area contributed by atoms with Gasteiger partial charge in [-0.15, -0.1) is 0 Å². The van der Waals surface area contributed by atoms with Crippen LogP contribution in [0.3, 0.4) is 0 Å². The highest BCUT2D eigenvalue weighted by atomic mass is 16.4. The molecule has 0 saturated carbocycles. The summed E-state index contributed by atoms with van der Waals surface area (Å²) in [6.07, 6.45) is 2.40. The van der Waals surface area contributed by atoms with Gasteiger partial charge in [0.25, 0.3) is 0 Å². The fourth-order valence-corrected chi connectivity index (χ4v) is 0.805. The molecule has 0 rings (SSSR count). The lowest BCUT2D eigenvalue weighted by Gasteiger charge is -2.02.